The maximum Gasteiger partial charge on any atom is 0.150 e. The Hall–Kier alpha value is -1.65. The van der Waals surface area contributed by atoms with Crippen LogP contribution in [0.25, 0.3) is 21.7 Å². The van der Waals surface area contributed by atoms with Gasteiger partial charge in [0.15, 0.2) is 5.82 Å². The first-order valence-corrected chi connectivity index (χ1v) is 6.37. The molecule has 0 spiro atoms. The molecule has 86 valence electrons. The molecule has 3 rings (SSSR count). The number of rotatable bonds is 2. The van der Waals surface area contributed by atoms with Crippen LogP contribution in [0.1, 0.15) is 5.56 Å². The van der Waals surface area contributed by atoms with Crippen molar-refractivity contribution in [2.45, 2.75) is 6.54 Å². The molecule has 2 aromatic heterocycles. The van der Waals surface area contributed by atoms with Gasteiger partial charge in [-0.25, -0.2) is 4.98 Å². The summed E-state index contributed by atoms with van der Waals surface area (Å²) in [5.74, 6) is 1.02. The van der Waals surface area contributed by atoms with E-state index in [0.717, 1.165) is 22.4 Å². The number of hydrogen-bond acceptors (Lipinski definition) is 3. The van der Waals surface area contributed by atoms with Crippen LogP contribution >= 0.6 is 11.3 Å². The van der Waals surface area contributed by atoms with Gasteiger partial charge in [-0.05, 0) is 29.1 Å². The fourth-order valence-electron chi connectivity index (χ4n) is 1.99. The Morgan fingerprint density at radius 2 is 2.24 bits per heavy atom. The average Bonchev–Trinajstić information content (AvgIpc) is 2.97. The third-order valence-electron chi connectivity index (χ3n) is 2.92. The van der Waals surface area contributed by atoms with Crippen LogP contribution in [-0.4, -0.2) is 9.55 Å². The third kappa shape index (κ3) is 1.66. The molecule has 2 N–H and O–H groups in total. The van der Waals surface area contributed by atoms with Gasteiger partial charge in [-0.3, -0.25) is 0 Å². The van der Waals surface area contributed by atoms with Crippen molar-refractivity contribution < 1.29 is 0 Å². The number of hydrogen-bond donors (Lipinski definition) is 1. The van der Waals surface area contributed by atoms with Crippen molar-refractivity contribution in [2.24, 2.45) is 12.8 Å². The van der Waals surface area contributed by atoms with E-state index in [0.29, 0.717) is 6.54 Å². The van der Waals surface area contributed by atoms with Crippen LogP contribution in [0, 0.1) is 0 Å². The van der Waals surface area contributed by atoms with Crippen molar-refractivity contribution >= 4 is 22.4 Å². The molecule has 1 aromatic carbocycles. The Labute approximate surface area is 104 Å². The van der Waals surface area contributed by atoms with Gasteiger partial charge in [0, 0.05) is 13.6 Å². The van der Waals surface area contributed by atoms with Crippen molar-refractivity contribution in [3.8, 4) is 10.7 Å². The Balaban J connectivity index is 2.25. The molecular formula is C13H13N3S. The van der Waals surface area contributed by atoms with E-state index in [1.54, 1.807) is 11.3 Å². The van der Waals surface area contributed by atoms with Gasteiger partial charge in [0.05, 0.1) is 15.9 Å². The monoisotopic (exact) mass is 243 g/mol. The average molecular weight is 243 g/mol. The third-order valence-corrected chi connectivity index (χ3v) is 3.79. The molecule has 0 fully saturated rings. The standard InChI is InChI=1S/C13H13N3S/c1-16-11-7-9(8-14)4-5-10(11)15-13(16)12-3-2-6-17-12/h2-7H,8,14H2,1H3. The summed E-state index contributed by atoms with van der Waals surface area (Å²) in [5.41, 5.74) is 8.96. The molecule has 0 aliphatic heterocycles. The van der Waals surface area contributed by atoms with Crippen LogP contribution in [0.5, 0.6) is 0 Å². The fraction of sp³-hybridized carbons (Fsp3) is 0.154. The summed E-state index contributed by atoms with van der Waals surface area (Å²) in [6.07, 6.45) is 0. The minimum Gasteiger partial charge on any atom is -0.326 e. The quantitative estimate of drug-likeness (QED) is 0.752. The second-order valence-electron chi connectivity index (χ2n) is 4.00. The first kappa shape index (κ1) is 10.5. The van der Waals surface area contributed by atoms with E-state index in [9.17, 15) is 0 Å². The minimum atomic E-state index is 0.565. The van der Waals surface area contributed by atoms with E-state index in [-0.39, 0.29) is 0 Å². The van der Waals surface area contributed by atoms with Gasteiger partial charge in [-0.2, -0.15) is 0 Å². The number of imidazole rings is 1. The highest BCUT2D eigenvalue weighted by Gasteiger charge is 2.10. The lowest BCUT2D eigenvalue weighted by atomic mass is 10.2. The summed E-state index contributed by atoms with van der Waals surface area (Å²) in [6.45, 7) is 0.565. The molecule has 3 nitrogen and oxygen atoms in total. The molecule has 0 saturated carbocycles. The van der Waals surface area contributed by atoms with Crippen LogP contribution in [0.2, 0.25) is 0 Å². The second-order valence-corrected chi connectivity index (χ2v) is 4.95. The van der Waals surface area contributed by atoms with E-state index in [2.05, 4.69) is 27.1 Å². The summed E-state index contributed by atoms with van der Waals surface area (Å²) in [6, 6.07) is 10.3. The van der Waals surface area contributed by atoms with Crippen molar-refractivity contribution in [3.63, 3.8) is 0 Å². The molecule has 0 amide bonds. The zero-order valence-corrected chi connectivity index (χ0v) is 10.4. The Bertz CT molecular complexity index is 653. The van der Waals surface area contributed by atoms with E-state index in [1.165, 1.54) is 4.88 Å². The second kappa shape index (κ2) is 3.98. The molecule has 0 unspecified atom stereocenters. The first-order valence-electron chi connectivity index (χ1n) is 5.49. The fourth-order valence-corrected chi connectivity index (χ4v) is 2.74. The van der Waals surface area contributed by atoms with Gasteiger partial charge in [-0.1, -0.05) is 12.1 Å². The summed E-state index contributed by atoms with van der Waals surface area (Å²) < 4.78 is 2.13. The van der Waals surface area contributed by atoms with E-state index < -0.39 is 0 Å². The summed E-state index contributed by atoms with van der Waals surface area (Å²) >= 11 is 1.71. The molecule has 3 aromatic rings. The number of nitrogens with two attached hydrogens (primary N) is 1. The van der Waals surface area contributed by atoms with Gasteiger partial charge < -0.3 is 10.3 Å². The Morgan fingerprint density at radius 3 is 2.94 bits per heavy atom. The van der Waals surface area contributed by atoms with Gasteiger partial charge in [-0.15, -0.1) is 11.3 Å². The van der Waals surface area contributed by atoms with Gasteiger partial charge in [0.25, 0.3) is 0 Å². The van der Waals surface area contributed by atoms with Crippen molar-refractivity contribution in [2.75, 3.05) is 0 Å². The summed E-state index contributed by atoms with van der Waals surface area (Å²) in [4.78, 5) is 5.86. The molecular weight excluding hydrogens is 230 g/mol. The van der Waals surface area contributed by atoms with Crippen molar-refractivity contribution in [1.29, 1.82) is 0 Å². The highest BCUT2D eigenvalue weighted by molar-refractivity contribution is 7.13. The van der Waals surface area contributed by atoms with Crippen LogP contribution in [-0.2, 0) is 13.6 Å². The maximum absolute atomic E-state index is 5.66. The van der Waals surface area contributed by atoms with Crippen molar-refractivity contribution in [1.82, 2.24) is 9.55 Å². The smallest absolute Gasteiger partial charge is 0.150 e. The minimum absolute atomic E-state index is 0.565. The molecule has 0 atom stereocenters. The number of aromatic nitrogens is 2. The summed E-state index contributed by atoms with van der Waals surface area (Å²) in [5, 5.41) is 2.07. The highest BCUT2D eigenvalue weighted by atomic mass is 32.1. The molecule has 4 heteroatoms. The maximum atomic E-state index is 5.66. The lowest BCUT2D eigenvalue weighted by Crippen LogP contribution is -1.96. The first-order chi connectivity index (χ1) is 8.29. The number of benzene rings is 1. The number of fused-ring (bicyclic) bond motifs is 1. The van der Waals surface area contributed by atoms with Crippen LogP contribution < -0.4 is 5.73 Å². The molecule has 0 radical (unpaired) electrons. The molecule has 2 heterocycles. The lowest BCUT2D eigenvalue weighted by molar-refractivity contribution is 0.960. The Kier molecular flexibility index (Phi) is 2.46. The topological polar surface area (TPSA) is 43.8 Å². The lowest BCUT2D eigenvalue weighted by Gasteiger charge is -2.00. The van der Waals surface area contributed by atoms with E-state index in [1.807, 2.05) is 25.2 Å². The number of aryl methyl sites for hydroxylation is 1. The predicted molar refractivity (Wildman–Crippen MR) is 71.9 cm³/mol. The molecule has 0 bridgehead atoms. The molecule has 0 aliphatic carbocycles. The zero-order chi connectivity index (χ0) is 11.8. The zero-order valence-electron chi connectivity index (χ0n) is 9.55. The SMILES string of the molecule is Cn1c(-c2cccs2)nc2ccc(CN)cc21. The normalized spacial score (nSPS) is 11.2. The number of nitrogens with zero attached hydrogens (tertiary/aromatic N) is 2. The van der Waals surface area contributed by atoms with E-state index >= 15 is 0 Å². The van der Waals surface area contributed by atoms with Crippen LogP contribution in [0.15, 0.2) is 35.7 Å². The van der Waals surface area contributed by atoms with Crippen molar-refractivity contribution in [3.05, 3.63) is 41.3 Å². The predicted octanol–water partition coefficient (Wildman–Crippen LogP) is 2.76. The summed E-state index contributed by atoms with van der Waals surface area (Å²) in [7, 11) is 2.05. The highest BCUT2D eigenvalue weighted by Crippen LogP contribution is 2.27. The number of thiophene rings is 1. The van der Waals surface area contributed by atoms with Gasteiger partial charge in [0.1, 0.15) is 0 Å². The van der Waals surface area contributed by atoms with E-state index in [4.69, 9.17) is 5.73 Å². The molecule has 17 heavy (non-hydrogen) atoms. The van der Waals surface area contributed by atoms with Gasteiger partial charge in [0.2, 0.25) is 0 Å². The molecule has 0 saturated heterocycles. The molecule has 0 aliphatic rings. The Morgan fingerprint density at radius 1 is 1.35 bits per heavy atom. The van der Waals surface area contributed by atoms with Gasteiger partial charge >= 0.3 is 0 Å². The van der Waals surface area contributed by atoms with Crippen LogP contribution in [0.3, 0.4) is 0 Å². The van der Waals surface area contributed by atoms with Crippen LogP contribution in [0.4, 0.5) is 0 Å². The largest absolute Gasteiger partial charge is 0.326 e.